The number of carbonyl (C=O) groups excluding carboxylic acids is 1. The van der Waals surface area contributed by atoms with E-state index in [2.05, 4.69) is 24.1 Å². The topological polar surface area (TPSA) is 78.5 Å². The van der Waals surface area contributed by atoms with Gasteiger partial charge in [-0.05, 0) is 25.7 Å². The SMILES string of the molecule is CCCC/C=C/CCCCCCCCCCCC1=NC=C[N+]1(CC(=O)[O-])C(C)N. The number of unbranched alkanes of at least 4 members (excludes halogenated alkanes) is 11. The van der Waals surface area contributed by atoms with E-state index in [-0.39, 0.29) is 17.2 Å². The summed E-state index contributed by atoms with van der Waals surface area (Å²) in [4.78, 5) is 15.5. The molecule has 5 nitrogen and oxygen atoms in total. The maximum atomic E-state index is 11.1. The van der Waals surface area contributed by atoms with Gasteiger partial charge in [-0.2, -0.15) is 0 Å². The third-order valence-corrected chi connectivity index (χ3v) is 5.82. The molecule has 0 bridgehead atoms. The van der Waals surface area contributed by atoms with E-state index in [4.69, 9.17) is 5.73 Å². The number of aliphatic imine (C=N–C) groups is 1. The van der Waals surface area contributed by atoms with Gasteiger partial charge in [0.15, 0.2) is 0 Å². The lowest BCUT2D eigenvalue weighted by Gasteiger charge is -2.36. The number of amidine groups is 1. The highest BCUT2D eigenvalue weighted by Crippen LogP contribution is 2.23. The lowest BCUT2D eigenvalue weighted by atomic mass is 10.0. The second kappa shape index (κ2) is 15.4. The molecule has 1 rings (SSSR count). The minimum atomic E-state index is -1.09. The average molecular weight is 406 g/mol. The highest BCUT2D eigenvalue weighted by Gasteiger charge is 2.38. The van der Waals surface area contributed by atoms with Crippen LogP contribution in [0.5, 0.6) is 0 Å². The van der Waals surface area contributed by atoms with Crippen molar-refractivity contribution >= 4 is 11.8 Å². The van der Waals surface area contributed by atoms with Crippen LogP contribution in [0.2, 0.25) is 0 Å². The van der Waals surface area contributed by atoms with E-state index >= 15 is 0 Å². The van der Waals surface area contributed by atoms with E-state index in [1.165, 1.54) is 70.6 Å². The van der Waals surface area contributed by atoms with Gasteiger partial charge in [-0.15, -0.1) is 0 Å². The molecule has 0 saturated heterocycles. The predicted octanol–water partition coefficient (Wildman–Crippen LogP) is 4.78. The summed E-state index contributed by atoms with van der Waals surface area (Å²) in [5, 5.41) is 11.1. The molecule has 0 radical (unpaired) electrons. The number of allylic oxidation sites excluding steroid dienone is 2. The van der Waals surface area contributed by atoms with Crippen LogP contribution < -0.4 is 10.8 Å². The third kappa shape index (κ3) is 10.2. The molecule has 0 fully saturated rings. The van der Waals surface area contributed by atoms with Gasteiger partial charge in [0.1, 0.15) is 18.9 Å². The summed E-state index contributed by atoms with van der Waals surface area (Å²) in [5.41, 5.74) is 6.07. The number of quaternary nitrogens is 1. The van der Waals surface area contributed by atoms with Crippen molar-refractivity contribution in [1.29, 1.82) is 0 Å². The Hall–Kier alpha value is -1.46. The molecule has 29 heavy (non-hydrogen) atoms. The van der Waals surface area contributed by atoms with Crippen molar-refractivity contribution in [2.24, 2.45) is 10.7 Å². The molecular formula is C24H43N3O2. The quantitative estimate of drug-likeness (QED) is 0.202. The molecule has 0 saturated carbocycles. The van der Waals surface area contributed by atoms with Crippen LogP contribution in [0.25, 0.3) is 0 Å². The average Bonchev–Trinajstić information content (AvgIpc) is 3.08. The van der Waals surface area contributed by atoms with Gasteiger partial charge in [-0.25, -0.2) is 9.48 Å². The Labute approximate surface area is 178 Å². The first-order valence-electron chi connectivity index (χ1n) is 11.8. The molecule has 0 amide bonds. The van der Waals surface area contributed by atoms with Crippen molar-refractivity contribution in [3.63, 3.8) is 0 Å². The summed E-state index contributed by atoms with van der Waals surface area (Å²) in [5.74, 6) is -0.234. The molecule has 166 valence electrons. The summed E-state index contributed by atoms with van der Waals surface area (Å²) in [6.45, 7) is 3.93. The summed E-state index contributed by atoms with van der Waals surface area (Å²) in [6, 6.07) is 0. The maximum Gasteiger partial charge on any atom is 0.209 e. The molecule has 0 spiro atoms. The number of rotatable bonds is 18. The summed E-state index contributed by atoms with van der Waals surface area (Å²) < 4.78 is 0.107. The molecule has 0 aliphatic carbocycles. The fourth-order valence-corrected chi connectivity index (χ4v) is 3.92. The third-order valence-electron chi connectivity index (χ3n) is 5.82. The first-order valence-corrected chi connectivity index (χ1v) is 11.8. The van der Waals surface area contributed by atoms with Crippen molar-refractivity contribution in [3.8, 4) is 0 Å². The van der Waals surface area contributed by atoms with E-state index in [0.717, 1.165) is 25.1 Å². The van der Waals surface area contributed by atoms with Gasteiger partial charge in [-0.3, -0.25) is 5.73 Å². The number of carboxylic acid groups (broad SMARTS) is 1. The number of hydrogen-bond donors (Lipinski definition) is 1. The van der Waals surface area contributed by atoms with Gasteiger partial charge in [-0.1, -0.05) is 76.9 Å². The summed E-state index contributed by atoms with van der Waals surface area (Å²) in [6.07, 6.45) is 25.1. The number of nitrogens with two attached hydrogens (primary N) is 1. The Kier molecular flexibility index (Phi) is 13.6. The van der Waals surface area contributed by atoms with E-state index in [1.807, 2.05) is 6.92 Å². The van der Waals surface area contributed by atoms with Crippen LogP contribution in [-0.4, -0.2) is 29.0 Å². The van der Waals surface area contributed by atoms with Gasteiger partial charge < -0.3 is 9.90 Å². The molecule has 0 aromatic heterocycles. The standard InChI is InChI=1S/C24H43N3O2/c1-3-4-5-6-7-8-9-10-11-12-13-14-15-16-17-18-23-26-19-20-27(23,22(2)25)21-24(28)29/h6-7,19-20,22H,3-5,8-18,21,25H2,1-2H3/b7-6+. The molecule has 1 aliphatic heterocycles. The highest BCUT2D eigenvalue weighted by molar-refractivity contribution is 5.81. The smallest absolute Gasteiger partial charge is 0.209 e. The second-order valence-electron chi connectivity index (χ2n) is 8.38. The molecule has 0 aromatic carbocycles. The van der Waals surface area contributed by atoms with Crippen LogP contribution in [0.4, 0.5) is 0 Å². The van der Waals surface area contributed by atoms with Crippen LogP contribution in [0, 0.1) is 0 Å². The lowest BCUT2D eigenvalue weighted by molar-refractivity contribution is -0.808. The van der Waals surface area contributed by atoms with Crippen molar-refractivity contribution in [2.45, 2.75) is 110 Å². The van der Waals surface area contributed by atoms with Gasteiger partial charge >= 0.3 is 0 Å². The van der Waals surface area contributed by atoms with Gasteiger partial charge in [0, 0.05) is 13.3 Å². The summed E-state index contributed by atoms with van der Waals surface area (Å²) >= 11 is 0. The molecule has 2 atom stereocenters. The normalized spacial score (nSPS) is 19.8. The van der Waals surface area contributed by atoms with Crippen LogP contribution in [0.3, 0.4) is 0 Å². The monoisotopic (exact) mass is 405 g/mol. The fraction of sp³-hybridized carbons (Fsp3) is 0.750. The van der Waals surface area contributed by atoms with E-state index in [9.17, 15) is 9.90 Å². The Bertz CT molecular complexity index is 540. The van der Waals surface area contributed by atoms with Crippen LogP contribution >= 0.6 is 0 Å². The Balaban J connectivity index is 2.03. The van der Waals surface area contributed by atoms with Crippen LogP contribution in [-0.2, 0) is 4.79 Å². The van der Waals surface area contributed by atoms with Crippen LogP contribution in [0.1, 0.15) is 104 Å². The number of nitrogens with zero attached hydrogens (tertiary/aromatic N) is 2. The van der Waals surface area contributed by atoms with E-state index in [0.29, 0.717) is 0 Å². The lowest BCUT2D eigenvalue weighted by Crippen LogP contribution is -2.60. The highest BCUT2D eigenvalue weighted by atomic mass is 16.4. The second-order valence-corrected chi connectivity index (χ2v) is 8.38. The van der Waals surface area contributed by atoms with Crippen molar-refractivity contribution in [3.05, 3.63) is 24.6 Å². The number of aliphatic carboxylic acids is 1. The minimum Gasteiger partial charge on any atom is -0.544 e. The van der Waals surface area contributed by atoms with Crippen molar-refractivity contribution in [2.75, 3.05) is 6.54 Å². The van der Waals surface area contributed by atoms with Crippen molar-refractivity contribution in [1.82, 2.24) is 0 Å². The first kappa shape index (κ1) is 25.6. The molecule has 5 heteroatoms. The largest absolute Gasteiger partial charge is 0.544 e. The molecule has 1 heterocycles. The Morgan fingerprint density at radius 1 is 1.03 bits per heavy atom. The summed E-state index contributed by atoms with van der Waals surface area (Å²) in [7, 11) is 0. The zero-order valence-corrected chi connectivity index (χ0v) is 18.8. The van der Waals surface area contributed by atoms with E-state index in [1.54, 1.807) is 12.4 Å². The van der Waals surface area contributed by atoms with Crippen molar-refractivity contribution < 1.29 is 14.4 Å². The van der Waals surface area contributed by atoms with E-state index < -0.39 is 5.97 Å². The number of carbonyl (C=O) groups is 1. The molecule has 0 aromatic rings. The zero-order chi connectivity index (χ0) is 21.4. The van der Waals surface area contributed by atoms with Gasteiger partial charge in [0.25, 0.3) is 0 Å². The number of hydrogen-bond acceptors (Lipinski definition) is 4. The first-order chi connectivity index (χ1) is 14.0. The molecule has 2 unspecified atom stereocenters. The van der Waals surface area contributed by atoms with Crippen LogP contribution in [0.15, 0.2) is 29.5 Å². The van der Waals surface area contributed by atoms with Gasteiger partial charge in [0.2, 0.25) is 5.84 Å². The molecule has 2 N–H and O–H groups in total. The zero-order valence-electron chi connectivity index (χ0n) is 18.8. The Morgan fingerprint density at radius 2 is 1.59 bits per heavy atom. The minimum absolute atomic E-state index is 0.107. The van der Waals surface area contributed by atoms with Gasteiger partial charge in [0.05, 0.1) is 12.2 Å². The predicted molar refractivity (Wildman–Crippen MR) is 120 cm³/mol. The maximum absolute atomic E-state index is 11.1. The number of carboxylic acids is 1. The molecule has 1 aliphatic rings. The fourth-order valence-electron chi connectivity index (χ4n) is 3.92. The Morgan fingerprint density at radius 3 is 2.14 bits per heavy atom. The molecular weight excluding hydrogens is 362 g/mol.